The topological polar surface area (TPSA) is 69.6 Å². The van der Waals surface area contributed by atoms with E-state index >= 15 is 0 Å². The van der Waals surface area contributed by atoms with Crippen LogP contribution in [-0.4, -0.2) is 35.4 Å². The Morgan fingerprint density at radius 2 is 1.72 bits per heavy atom. The van der Waals surface area contributed by atoms with Gasteiger partial charge in [0.1, 0.15) is 0 Å². The molecular weight excluding hydrogens is 230 g/mol. The lowest BCUT2D eigenvalue weighted by molar-refractivity contribution is 0.0879. The molecule has 0 bridgehead atoms. The standard InChI is InChI=1S/C14H15NO3/c16-8-13(9-17)15-14(18)12-6-5-10-3-1-2-4-11(10)7-12/h1-7,13,16-17H,8-9H2,(H,15,18). The Morgan fingerprint density at radius 3 is 2.39 bits per heavy atom. The highest BCUT2D eigenvalue weighted by Gasteiger charge is 2.12. The molecule has 4 nitrogen and oxygen atoms in total. The zero-order valence-corrected chi connectivity index (χ0v) is 9.84. The zero-order chi connectivity index (χ0) is 13.0. The van der Waals surface area contributed by atoms with E-state index in [1.807, 2.05) is 30.3 Å². The van der Waals surface area contributed by atoms with Gasteiger partial charge in [0.2, 0.25) is 0 Å². The normalized spacial score (nSPS) is 10.8. The summed E-state index contributed by atoms with van der Waals surface area (Å²) in [6, 6.07) is 12.5. The highest BCUT2D eigenvalue weighted by molar-refractivity contribution is 5.98. The van der Waals surface area contributed by atoms with E-state index in [9.17, 15) is 4.79 Å². The molecule has 3 N–H and O–H groups in total. The lowest BCUT2D eigenvalue weighted by Gasteiger charge is -2.13. The highest BCUT2D eigenvalue weighted by Crippen LogP contribution is 2.15. The predicted octanol–water partition coefficient (Wildman–Crippen LogP) is 0.923. The lowest BCUT2D eigenvalue weighted by atomic mass is 10.1. The number of benzene rings is 2. The van der Waals surface area contributed by atoms with E-state index in [-0.39, 0.29) is 19.1 Å². The number of amides is 1. The summed E-state index contributed by atoms with van der Waals surface area (Å²) in [6.07, 6.45) is 0. The van der Waals surface area contributed by atoms with Crippen molar-refractivity contribution in [3.05, 3.63) is 48.0 Å². The van der Waals surface area contributed by atoms with Gasteiger partial charge in [-0.3, -0.25) is 4.79 Å². The summed E-state index contributed by atoms with van der Waals surface area (Å²) >= 11 is 0. The smallest absolute Gasteiger partial charge is 0.251 e. The number of rotatable bonds is 4. The lowest BCUT2D eigenvalue weighted by Crippen LogP contribution is -2.40. The van der Waals surface area contributed by atoms with Crippen LogP contribution in [0.4, 0.5) is 0 Å². The average molecular weight is 245 g/mol. The van der Waals surface area contributed by atoms with Gasteiger partial charge in [-0.05, 0) is 22.9 Å². The maximum atomic E-state index is 11.9. The zero-order valence-electron chi connectivity index (χ0n) is 9.84. The first-order valence-corrected chi connectivity index (χ1v) is 5.76. The Bertz CT molecular complexity index is 549. The summed E-state index contributed by atoms with van der Waals surface area (Å²) in [7, 11) is 0. The van der Waals surface area contributed by atoms with Crippen molar-refractivity contribution < 1.29 is 15.0 Å². The number of aliphatic hydroxyl groups excluding tert-OH is 2. The SMILES string of the molecule is O=C(NC(CO)CO)c1ccc2ccccc2c1. The van der Waals surface area contributed by atoms with Crippen LogP contribution >= 0.6 is 0 Å². The summed E-state index contributed by atoms with van der Waals surface area (Å²) < 4.78 is 0. The molecule has 18 heavy (non-hydrogen) atoms. The van der Waals surface area contributed by atoms with Crippen molar-refractivity contribution in [3.8, 4) is 0 Å². The van der Waals surface area contributed by atoms with E-state index in [4.69, 9.17) is 10.2 Å². The van der Waals surface area contributed by atoms with Crippen molar-refractivity contribution in [2.45, 2.75) is 6.04 Å². The van der Waals surface area contributed by atoms with E-state index in [0.717, 1.165) is 10.8 Å². The fraction of sp³-hybridized carbons (Fsp3) is 0.214. The second-order valence-corrected chi connectivity index (χ2v) is 4.10. The van der Waals surface area contributed by atoms with Gasteiger partial charge in [0, 0.05) is 5.56 Å². The van der Waals surface area contributed by atoms with Crippen LogP contribution < -0.4 is 5.32 Å². The van der Waals surface area contributed by atoms with Crippen LogP contribution in [0.3, 0.4) is 0 Å². The summed E-state index contributed by atoms with van der Waals surface area (Å²) in [5.74, 6) is -0.297. The fourth-order valence-corrected chi connectivity index (χ4v) is 1.75. The molecule has 0 aromatic heterocycles. The molecule has 0 atom stereocenters. The third-order valence-electron chi connectivity index (χ3n) is 2.79. The molecule has 0 fully saturated rings. The van der Waals surface area contributed by atoms with Crippen molar-refractivity contribution in [2.75, 3.05) is 13.2 Å². The minimum absolute atomic E-state index is 0.282. The number of aliphatic hydroxyl groups is 2. The van der Waals surface area contributed by atoms with Gasteiger partial charge in [0.15, 0.2) is 0 Å². The van der Waals surface area contributed by atoms with E-state index in [1.54, 1.807) is 12.1 Å². The molecule has 0 unspecified atom stereocenters. The molecule has 0 aliphatic heterocycles. The van der Waals surface area contributed by atoms with Crippen LogP contribution in [0.2, 0.25) is 0 Å². The van der Waals surface area contributed by atoms with Crippen LogP contribution in [0.1, 0.15) is 10.4 Å². The van der Waals surface area contributed by atoms with Crippen molar-refractivity contribution >= 4 is 16.7 Å². The fourth-order valence-electron chi connectivity index (χ4n) is 1.75. The maximum absolute atomic E-state index is 11.9. The second kappa shape index (κ2) is 5.62. The van der Waals surface area contributed by atoms with Gasteiger partial charge >= 0.3 is 0 Å². The Kier molecular flexibility index (Phi) is 3.92. The first-order chi connectivity index (χ1) is 8.74. The third kappa shape index (κ3) is 2.67. The van der Waals surface area contributed by atoms with Gasteiger partial charge in [-0.2, -0.15) is 0 Å². The molecule has 2 aromatic rings. The molecule has 0 spiro atoms. The van der Waals surface area contributed by atoms with E-state index in [2.05, 4.69) is 5.32 Å². The minimum atomic E-state index is -0.621. The van der Waals surface area contributed by atoms with Gasteiger partial charge < -0.3 is 15.5 Å². The van der Waals surface area contributed by atoms with Gasteiger partial charge in [-0.1, -0.05) is 30.3 Å². The Morgan fingerprint density at radius 1 is 1.06 bits per heavy atom. The van der Waals surface area contributed by atoms with E-state index < -0.39 is 6.04 Å². The average Bonchev–Trinajstić information content (AvgIpc) is 2.44. The molecule has 0 saturated carbocycles. The molecule has 2 rings (SSSR count). The predicted molar refractivity (Wildman–Crippen MR) is 69.4 cm³/mol. The number of hydrogen-bond acceptors (Lipinski definition) is 3. The molecule has 0 aliphatic carbocycles. The monoisotopic (exact) mass is 245 g/mol. The van der Waals surface area contributed by atoms with E-state index in [1.165, 1.54) is 0 Å². The number of carbonyl (C=O) groups excluding carboxylic acids is 1. The van der Waals surface area contributed by atoms with Crippen LogP contribution in [0, 0.1) is 0 Å². The molecule has 4 heteroatoms. The minimum Gasteiger partial charge on any atom is -0.394 e. The Balaban J connectivity index is 2.22. The Labute approximate surface area is 105 Å². The molecule has 0 aliphatic rings. The maximum Gasteiger partial charge on any atom is 0.251 e. The summed E-state index contributed by atoms with van der Waals surface area (Å²) in [5.41, 5.74) is 0.514. The van der Waals surface area contributed by atoms with Crippen LogP contribution in [0.5, 0.6) is 0 Å². The van der Waals surface area contributed by atoms with Crippen molar-refractivity contribution in [1.82, 2.24) is 5.32 Å². The molecule has 2 aromatic carbocycles. The molecule has 94 valence electrons. The number of hydrogen-bond donors (Lipinski definition) is 3. The van der Waals surface area contributed by atoms with Crippen molar-refractivity contribution in [3.63, 3.8) is 0 Å². The number of carbonyl (C=O) groups is 1. The molecule has 0 heterocycles. The van der Waals surface area contributed by atoms with Crippen LogP contribution in [0.25, 0.3) is 10.8 Å². The van der Waals surface area contributed by atoms with E-state index in [0.29, 0.717) is 5.56 Å². The molecule has 0 saturated heterocycles. The highest BCUT2D eigenvalue weighted by atomic mass is 16.3. The first kappa shape index (κ1) is 12.5. The number of fused-ring (bicyclic) bond motifs is 1. The molecule has 0 radical (unpaired) electrons. The largest absolute Gasteiger partial charge is 0.394 e. The van der Waals surface area contributed by atoms with Gasteiger partial charge in [0.05, 0.1) is 19.3 Å². The molecule has 1 amide bonds. The second-order valence-electron chi connectivity index (χ2n) is 4.10. The van der Waals surface area contributed by atoms with Crippen LogP contribution in [0.15, 0.2) is 42.5 Å². The van der Waals surface area contributed by atoms with Gasteiger partial charge in [-0.15, -0.1) is 0 Å². The van der Waals surface area contributed by atoms with Crippen molar-refractivity contribution in [1.29, 1.82) is 0 Å². The first-order valence-electron chi connectivity index (χ1n) is 5.76. The summed E-state index contributed by atoms with van der Waals surface area (Å²) in [6.45, 7) is -0.564. The van der Waals surface area contributed by atoms with Crippen LogP contribution in [-0.2, 0) is 0 Å². The third-order valence-corrected chi connectivity index (χ3v) is 2.79. The van der Waals surface area contributed by atoms with Crippen molar-refractivity contribution in [2.24, 2.45) is 0 Å². The number of nitrogens with one attached hydrogen (secondary N) is 1. The molecular formula is C14H15NO3. The van der Waals surface area contributed by atoms with Gasteiger partial charge in [-0.25, -0.2) is 0 Å². The summed E-state index contributed by atoms with van der Waals surface area (Å²) in [5, 5.41) is 22.4. The quantitative estimate of drug-likeness (QED) is 0.750. The van der Waals surface area contributed by atoms with Gasteiger partial charge in [0.25, 0.3) is 5.91 Å². The Hall–Kier alpha value is -1.91. The summed E-state index contributed by atoms with van der Waals surface area (Å²) in [4.78, 5) is 11.9.